The number of carbonyl (C=O) groups excluding carboxylic acids is 1. The van der Waals surface area contributed by atoms with E-state index in [1.165, 1.54) is 5.01 Å². The van der Waals surface area contributed by atoms with E-state index in [9.17, 15) is 4.79 Å². The molecule has 2 aliphatic rings. The fraction of sp³-hybridized carbons (Fsp3) is 0.238. The zero-order valence-corrected chi connectivity index (χ0v) is 14.9. The zero-order valence-electron chi connectivity index (χ0n) is 14.9. The highest BCUT2D eigenvalue weighted by Gasteiger charge is 2.32. The molecule has 2 heterocycles. The lowest BCUT2D eigenvalue weighted by Gasteiger charge is -2.31. The molecule has 0 aliphatic carbocycles. The van der Waals surface area contributed by atoms with Gasteiger partial charge in [0.05, 0.1) is 11.3 Å². The van der Waals surface area contributed by atoms with Gasteiger partial charge >= 0.3 is 0 Å². The van der Waals surface area contributed by atoms with Crippen molar-refractivity contribution < 1.29 is 4.79 Å². The summed E-state index contributed by atoms with van der Waals surface area (Å²) in [5, 5.41) is 6.17. The van der Waals surface area contributed by atoms with Crippen LogP contribution in [0.3, 0.4) is 0 Å². The van der Waals surface area contributed by atoms with Crippen molar-refractivity contribution in [2.24, 2.45) is 5.10 Å². The van der Waals surface area contributed by atoms with E-state index in [1.807, 2.05) is 66.9 Å². The molecule has 0 saturated carbocycles. The third-order valence-electron chi connectivity index (χ3n) is 4.78. The van der Waals surface area contributed by atoms with E-state index < -0.39 is 0 Å². The maximum absolute atomic E-state index is 13.1. The molecule has 2 aromatic carbocycles. The summed E-state index contributed by atoms with van der Waals surface area (Å²) in [7, 11) is 2.12. The Morgan fingerprint density at radius 3 is 2.15 bits per heavy atom. The highest BCUT2D eigenvalue weighted by atomic mass is 16.2. The van der Waals surface area contributed by atoms with Crippen molar-refractivity contribution in [3.8, 4) is 0 Å². The van der Waals surface area contributed by atoms with Gasteiger partial charge in [0.15, 0.2) is 0 Å². The van der Waals surface area contributed by atoms with Crippen LogP contribution in [0.1, 0.15) is 5.56 Å². The van der Waals surface area contributed by atoms with Crippen LogP contribution in [0.2, 0.25) is 0 Å². The molecule has 2 aliphatic heterocycles. The van der Waals surface area contributed by atoms with Crippen LogP contribution < -0.4 is 5.01 Å². The van der Waals surface area contributed by atoms with Crippen LogP contribution in [-0.4, -0.2) is 54.6 Å². The van der Waals surface area contributed by atoms with Crippen molar-refractivity contribution >= 4 is 17.3 Å². The lowest BCUT2D eigenvalue weighted by Crippen LogP contribution is -2.42. The van der Waals surface area contributed by atoms with Crippen LogP contribution in [-0.2, 0) is 4.79 Å². The predicted octanol–water partition coefficient (Wildman–Crippen LogP) is 2.57. The van der Waals surface area contributed by atoms with Crippen LogP contribution in [0.15, 0.2) is 77.5 Å². The summed E-state index contributed by atoms with van der Waals surface area (Å²) < 4.78 is 0. The number of benzene rings is 2. The lowest BCUT2D eigenvalue weighted by atomic mass is 10.0. The van der Waals surface area contributed by atoms with Gasteiger partial charge in [-0.15, -0.1) is 0 Å². The Kier molecular flexibility index (Phi) is 4.54. The number of carbonyl (C=O) groups is 1. The van der Waals surface area contributed by atoms with Crippen LogP contribution in [0, 0.1) is 0 Å². The lowest BCUT2D eigenvalue weighted by molar-refractivity contribution is -0.114. The van der Waals surface area contributed by atoms with Crippen molar-refractivity contribution in [1.82, 2.24) is 9.80 Å². The summed E-state index contributed by atoms with van der Waals surface area (Å²) in [6, 6.07) is 19.5. The van der Waals surface area contributed by atoms with Gasteiger partial charge in [-0.2, -0.15) is 10.1 Å². The third-order valence-corrected chi connectivity index (χ3v) is 4.78. The normalized spacial score (nSPS) is 20.0. The second kappa shape index (κ2) is 7.14. The molecule has 1 saturated heterocycles. The number of para-hydroxylation sites is 1. The van der Waals surface area contributed by atoms with Crippen molar-refractivity contribution in [3.05, 3.63) is 78.0 Å². The molecule has 2 aromatic rings. The Hall–Kier alpha value is -2.92. The summed E-state index contributed by atoms with van der Waals surface area (Å²) in [4.78, 5) is 17.7. The van der Waals surface area contributed by atoms with Gasteiger partial charge in [-0.05, 0) is 19.2 Å². The Morgan fingerprint density at radius 1 is 0.885 bits per heavy atom. The highest BCUT2D eigenvalue weighted by molar-refractivity contribution is 6.35. The van der Waals surface area contributed by atoms with Gasteiger partial charge in [-0.25, -0.2) is 0 Å². The molecular formula is C21H22N4O. The Morgan fingerprint density at radius 2 is 1.50 bits per heavy atom. The minimum absolute atomic E-state index is 0.0750. The number of likely N-dealkylation sites (N-methyl/N-ethyl adjacent to an activating group) is 1. The Bertz CT molecular complexity index is 837. The van der Waals surface area contributed by atoms with Gasteiger partial charge < -0.3 is 9.80 Å². The topological polar surface area (TPSA) is 39.1 Å². The average molecular weight is 346 g/mol. The molecule has 1 amide bonds. The fourth-order valence-corrected chi connectivity index (χ4v) is 3.22. The molecule has 0 bridgehead atoms. The van der Waals surface area contributed by atoms with E-state index >= 15 is 0 Å². The molecule has 0 aromatic heterocycles. The quantitative estimate of drug-likeness (QED) is 0.802. The average Bonchev–Trinajstić information content (AvgIpc) is 3.01. The molecular weight excluding hydrogens is 324 g/mol. The minimum atomic E-state index is -0.0750. The van der Waals surface area contributed by atoms with Crippen molar-refractivity contribution in [1.29, 1.82) is 0 Å². The summed E-state index contributed by atoms with van der Waals surface area (Å²) in [6.07, 6.45) is 1.99. The molecule has 0 unspecified atom stereocenters. The standard InChI is InChI=1S/C21H22N4O/c1-23-12-14-24(15-13-23)16-19-20(17-8-4-2-5-9-17)22-25(21(19)26)18-10-6-3-7-11-18/h2-11,16H,12-15H2,1H3/b19-16+. The molecule has 26 heavy (non-hydrogen) atoms. The van der Waals surface area contributed by atoms with Gasteiger partial charge in [-0.3, -0.25) is 4.79 Å². The van der Waals surface area contributed by atoms with Gasteiger partial charge in [0, 0.05) is 37.9 Å². The van der Waals surface area contributed by atoms with Crippen LogP contribution in [0.4, 0.5) is 5.69 Å². The Labute approximate surface area is 153 Å². The fourth-order valence-electron chi connectivity index (χ4n) is 3.22. The van der Waals surface area contributed by atoms with Gasteiger partial charge in [-0.1, -0.05) is 48.5 Å². The van der Waals surface area contributed by atoms with E-state index in [4.69, 9.17) is 0 Å². The van der Waals surface area contributed by atoms with Gasteiger partial charge in [0.25, 0.3) is 5.91 Å². The minimum Gasteiger partial charge on any atom is -0.374 e. The number of piperazine rings is 1. The number of hydrazone groups is 1. The first-order chi connectivity index (χ1) is 12.7. The molecule has 0 spiro atoms. The molecule has 4 rings (SSSR count). The summed E-state index contributed by atoms with van der Waals surface area (Å²) in [5.41, 5.74) is 3.13. The number of anilines is 1. The third kappa shape index (κ3) is 3.26. The van der Waals surface area contributed by atoms with Crippen molar-refractivity contribution in [3.63, 3.8) is 0 Å². The summed E-state index contributed by atoms with van der Waals surface area (Å²) in [5.74, 6) is -0.0750. The molecule has 132 valence electrons. The number of amides is 1. The molecule has 1 fully saturated rings. The number of hydrogen-bond acceptors (Lipinski definition) is 4. The first kappa shape index (κ1) is 16.5. The molecule has 5 heteroatoms. The van der Waals surface area contributed by atoms with Crippen LogP contribution in [0.5, 0.6) is 0 Å². The highest BCUT2D eigenvalue weighted by Crippen LogP contribution is 2.26. The predicted molar refractivity (Wildman–Crippen MR) is 104 cm³/mol. The first-order valence-electron chi connectivity index (χ1n) is 8.91. The number of hydrogen-bond donors (Lipinski definition) is 0. The maximum atomic E-state index is 13.1. The first-order valence-corrected chi connectivity index (χ1v) is 8.91. The molecule has 0 atom stereocenters. The smallest absolute Gasteiger partial charge is 0.282 e. The summed E-state index contributed by atoms with van der Waals surface area (Å²) >= 11 is 0. The summed E-state index contributed by atoms with van der Waals surface area (Å²) in [6.45, 7) is 3.83. The molecule has 0 N–H and O–H groups in total. The second-order valence-corrected chi connectivity index (χ2v) is 6.65. The maximum Gasteiger partial charge on any atom is 0.282 e. The van der Waals surface area contributed by atoms with Crippen LogP contribution in [0.25, 0.3) is 0 Å². The van der Waals surface area contributed by atoms with E-state index in [0.717, 1.165) is 43.1 Å². The monoisotopic (exact) mass is 346 g/mol. The van der Waals surface area contributed by atoms with Crippen LogP contribution >= 0.6 is 0 Å². The van der Waals surface area contributed by atoms with Crippen molar-refractivity contribution in [2.75, 3.05) is 38.2 Å². The zero-order chi connectivity index (χ0) is 17.9. The van der Waals surface area contributed by atoms with E-state index in [0.29, 0.717) is 5.57 Å². The number of nitrogens with zero attached hydrogens (tertiary/aromatic N) is 4. The van der Waals surface area contributed by atoms with Crippen molar-refractivity contribution in [2.45, 2.75) is 0 Å². The van der Waals surface area contributed by atoms with E-state index in [1.54, 1.807) is 0 Å². The molecule has 0 radical (unpaired) electrons. The SMILES string of the molecule is CN1CCN(/C=C2/C(=O)N(c3ccccc3)N=C2c2ccccc2)CC1. The molecule has 5 nitrogen and oxygen atoms in total. The largest absolute Gasteiger partial charge is 0.374 e. The van der Waals surface area contributed by atoms with Gasteiger partial charge in [0.2, 0.25) is 0 Å². The van der Waals surface area contributed by atoms with E-state index in [-0.39, 0.29) is 5.91 Å². The Balaban J connectivity index is 1.71. The number of rotatable bonds is 3. The second-order valence-electron chi connectivity index (χ2n) is 6.65. The van der Waals surface area contributed by atoms with Gasteiger partial charge in [0.1, 0.15) is 5.71 Å². The van der Waals surface area contributed by atoms with E-state index in [2.05, 4.69) is 21.9 Å².